The van der Waals surface area contributed by atoms with Gasteiger partial charge in [0.2, 0.25) is 5.56 Å². The summed E-state index contributed by atoms with van der Waals surface area (Å²) in [7, 11) is 0. The van der Waals surface area contributed by atoms with E-state index < -0.39 is 0 Å². The predicted octanol–water partition coefficient (Wildman–Crippen LogP) is 3.40. The summed E-state index contributed by atoms with van der Waals surface area (Å²) in [4.78, 5) is 41.8. The molecule has 1 saturated heterocycles. The van der Waals surface area contributed by atoms with Crippen LogP contribution in [0.5, 0.6) is 0 Å². The number of piperazine rings is 1. The van der Waals surface area contributed by atoms with E-state index in [1.165, 1.54) is 18.0 Å². The van der Waals surface area contributed by atoms with Crippen LogP contribution in [0.25, 0.3) is 39.6 Å². The Kier molecular flexibility index (Phi) is 6.97. The van der Waals surface area contributed by atoms with Crippen LogP contribution in [-0.4, -0.2) is 65.5 Å². The number of imidazole rings is 1. The summed E-state index contributed by atoms with van der Waals surface area (Å²) in [5, 5.41) is 9.16. The number of fused-ring (bicyclic) bond motifs is 1. The van der Waals surface area contributed by atoms with E-state index >= 15 is 0 Å². The van der Waals surface area contributed by atoms with Crippen molar-refractivity contribution in [3.05, 3.63) is 107 Å². The molecule has 44 heavy (non-hydrogen) atoms. The Hall–Kier alpha value is -5.93. The van der Waals surface area contributed by atoms with Gasteiger partial charge < -0.3 is 15.6 Å². The van der Waals surface area contributed by atoms with E-state index in [0.29, 0.717) is 45.5 Å². The standard InChI is InChI=1S/C32H27N11O/c33-18-22-17-28(37-20-36-22)42-15-13-41(14-16-42)19-21-6-8-23(9-7-21)43-31(24-3-2-12-35-30(24)34)40-27-11-10-26(39-32(27)43)25-4-1-5-29(44)38-25/h1-12,17,20H,13-16,19H2,(H2,34,35)(H,38,44). The molecule has 6 heterocycles. The normalized spacial score (nSPS) is 13.7. The zero-order chi connectivity index (χ0) is 30.0. The molecule has 0 spiro atoms. The summed E-state index contributed by atoms with van der Waals surface area (Å²) >= 11 is 0. The van der Waals surface area contributed by atoms with Crippen LogP contribution in [0.15, 0.2) is 90.1 Å². The van der Waals surface area contributed by atoms with E-state index in [1.54, 1.807) is 18.3 Å². The quantitative estimate of drug-likeness (QED) is 0.299. The van der Waals surface area contributed by atoms with Gasteiger partial charge in [-0.15, -0.1) is 0 Å². The number of nitrogens with one attached hydrogen (secondary N) is 1. The van der Waals surface area contributed by atoms with Crippen molar-refractivity contribution >= 4 is 22.8 Å². The molecule has 0 aliphatic carbocycles. The minimum absolute atomic E-state index is 0.194. The van der Waals surface area contributed by atoms with Gasteiger partial charge in [-0.25, -0.2) is 24.9 Å². The number of hydrogen-bond donors (Lipinski definition) is 2. The van der Waals surface area contributed by atoms with Crippen molar-refractivity contribution in [2.75, 3.05) is 36.8 Å². The van der Waals surface area contributed by atoms with Gasteiger partial charge in [0.05, 0.1) is 17.0 Å². The molecule has 0 bridgehead atoms. The average molecular weight is 582 g/mol. The Balaban J connectivity index is 1.18. The molecule has 7 rings (SSSR count). The first kappa shape index (κ1) is 26.9. The van der Waals surface area contributed by atoms with Crippen LogP contribution < -0.4 is 16.2 Å². The van der Waals surface area contributed by atoms with Crippen LogP contribution in [-0.2, 0) is 6.54 Å². The SMILES string of the molecule is N#Cc1cc(N2CCN(Cc3ccc(-n4c(-c5cccnc5N)nc5ccc(-c6cccc(=O)[nH]6)nc54)cc3)CC2)ncn1. The fourth-order valence-corrected chi connectivity index (χ4v) is 5.46. The van der Waals surface area contributed by atoms with Crippen LogP contribution >= 0.6 is 0 Å². The second-order valence-electron chi connectivity index (χ2n) is 10.5. The third kappa shape index (κ3) is 5.23. The van der Waals surface area contributed by atoms with Crippen molar-refractivity contribution in [1.29, 1.82) is 5.26 Å². The largest absolute Gasteiger partial charge is 0.383 e. The molecular weight excluding hydrogens is 554 g/mol. The highest BCUT2D eigenvalue weighted by Gasteiger charge is 2.21. The number of aromatic amines is 1. The van der Waals surface area contributed by atoms with Crippen LogP contribution in [0.1, 0.15) is 11.3 Å². The summed E-state index contributed by atoms with van der Waals surface area (Å²) < 4.78 is 1.98. The van der Waals surface area contributed by atoms with Gasteiger partial charge in [0.1, 0.15) is 35.2 Å². The minimum Gasteiger partial charge on any atom is -0.383 e. The van der Waals surface area contributed by atoms with Gasteiger partial charge in [-0.1, -0.05) is 18.2 Å². The molecule has 0 unspecified atom stereocenters. The van der Waals surface area contributed by atoms with E-state index in [9.17, 15) is 4.79 Å². The van der Waals surface area contributed by atoms with Crippen molar-refractivity contribution < 1.29 is 0 Å². The highest BCUT2D eigenvalue weighted by atomic mass is 16.1. The summed E-state index contributed by atoms with van der Waals surface area (Å²) in [6, 6.07) is 24.6. The van der Waals surface area contributed by atoms with Gasteiger partial charge in [-0.2, -0.15) is 5.26 Å². The number of nitrogens with two attached hydrogens (primary N) is 1. The molecule has 0 atom stereocenters. The second-order valence-corrected chi connectivity index (χ2v) is 10.5. The van der Waals surface area contributed by atoms with Crippen LogP contribution in [0.2, 0.25) is 0 Å². The Morgan fingerprint density at radius 1 is 0.909 bits per heavy atom. The molecule has 1 aliphatic rings. The smallest absolute Gasteiger partial charge is 0.248 e. The second kappa shape index (κ2) is 11.4. The number of H-pyrrole nitrogens is 1. The zero-order valence-electron chi connectivity index (χ0n) is 23.6. The maximum atomic E-state index is 12.0. The maximum Gasteiger partial charge on any atom is 0.248 e. The van der Waals surface area contributed by atoms with E-state index in [1.807, 2.05) is 34.9 Å². The molecule has 1 aliphatic heterocycles. The predicted molar refractivity (Wildman–Crippen MR) is 167 cm³/mol. The molecule has 0 radical (unpaired) electrons. The van der Waals surface area contributed by atoms with E-state index in [0.717, 1.165) is 44.2 Å². The molecule has 3 N–H and O–H groups in total. The molecule has 1 aromatic carbocycles. The Morgan fingerprint density at radius 2 is 1.75 bits per heavy atom. The first-order valence-corrected chi connectivity index (χ1v) is 14.1. The fourth-order valence-electron chi connectivity index (χ4n) is 5.46. The maximum absolute atomic E-state index is 12.0. The number of nitriles is 1. The third-order valence-electron chi connectivity index (χ3n) is 7.69. The Labute approximate surface area is 252 Å². The van der Waals surface area contributed by atoms with Gasteiger partial charge in [0.15, 0.2) is 11.5 Å². The first-order chi connectivity index (χ1) is 21.6. The highest BCUT2D eigenvalue weighted by molar-refractivity contribution is 5.84. The summed E-state index contributed by atoms with van der Waals surface area (Å²) in [5.74, 6) is 1.79. The molecule has 12 nitrogen and oxygen atoms in total. The molecule has 0 saturated carbocycles. The first-order valence-electron chi connectivity index (χ1n) is 14.1. The topological polar surface area (TPSA) is 159 Å². The average Bonchev–Trinajstić information content (AvgIpc) is 3.44. The van der Waals surface area contributed by atoms with E-state index in [-0.39, 0.29) is 5.56 Å². The Morgan fingerprint density at radius 3 is 2.52 bits per heavy atom. The van der Waals surface area contributed by atoms with Crippen LogP contribution in [0, 0.1) is 11.3 Å². The highest BCUT2D eigenvalue weighted by Crippen LogP contribution is 2.31. The lowest BCUT2D eigenvalue weighted by molar-refractivity contribution is 0.249. The van der Waals surface area contributed by atoms with Crippen LogP contribution in [0.4, 0.5) is 11.6 Å². The molecule has 6 aromatic rings. The summed E-state index contributed by atoms with van der Waals surface area (Å²) in [5.41, 5.74) is 11.8. The number of pyridine rings is 3. The molecular formula is C32H27N11O. The van der Waals surface area contributed by atoms with Crippen molar-refractivity contribution in [1.82, 2.24) is 39.4 Å². The molecule has 216 valence electrons. The van der Waals surface area contributed by atoms with Gasteiger partial charge in [-0.05, 0) is 48.0 Å². The fraction of sp³-hybridized carbons (Fsp3) is 0.156. The van der Waals surface area contributed by atoms with Gasteiger partial charge in [0.25, 0.3) is 0 Å². The number of nitrogens with zero attached hydrogens (tertiary/aromatic N) is 9. The molecule has 1 fully saturated rings. The monoisotopic (exact) mass is 581 g/mol. The van der Waals surface area contributed by atoms with Crippen molar-refractivity contribution in [3.8, 4) is 34.5 Å². The van der Waals surface area contributed by atoms with Crippen LogP contribution in [0.3, 0.4) is 0 Å². The zero-order valence-corrected chi connectivity index (χ0v) is 23.6. The number of aromatic nitrogens is 7. The summed E-state index contributed by atoms with van der Waals surface area (Å²) in [6.07, 6.45) is 3.10. The van der Waals surface area contributed by atoms with Crippen molar-refractivity contribution in [2.24, 2.45) is 0 Å². The van der Waals surface area contributed by atoms with Gasteiger partial charge in [0, 0.05) is 56.7 Å². The molecule has 0 amide bonds. The van der Waals surface area contributed by atoms with Crippen molar-refractivity contribution in [3.63, 3.8) is 0 Å². The minimum atomic E-state index is -0.194. The number of hydrogen-bond acceptors (Lipinski definition) is 10. The lowest BCUT2D eigenvalue weighted by atomic mass is 10.1. The van der Waals surface area contributed by atoms with E-state index in [4.69, 9.17) is 21.0 Å². The van der Waals surface area contributed by atoms with E-state index in [2.05, 4.69) is 60.1 Å². The number of anilines is 2. The number of rotatable bonds is 6. The number of benzene rings is 1. The third-order valence-corrected chi connectivity index (χ3v) is 7.69. The summed E-state index contributed by atoms with van der Waals surface area (Å²) in [6.45, 7) is 4.18. The lowest BCUT2D eigenvalue weighted by Crippen LogP contribution is -2.46. The van der Waals surface area contributed by atoms with Gasteiger partial charge in [-0.3, -0.25) is 14.3 Å². The Bertz CT molecular complexity index is 2070. The van der Waals surface area contributed by atoms with Crippen molar-refractivity contribution in [2.45, 2.75) is 6.54 Å². The molecule has 12 heteroatoms. The molecule has 5 aromatic heterocycles. The van der Waals surface area contributed by atoms with Gasteiger partial charge >= 0.3 is 0 Å². The number of nitrogen functional groups attached to an aromatic ring is 1. The lowest BCUT2D eigenvalue weighted by Gasteiger charge is -2.35.